The Morgan fingerprint density at radius 3 is 2.42 bits per heavy atom. The Morgan fingerprint density at radius 2 is 1.89 bits per heavy atom. The van der Waals surface area contributed by atoms with Crippen molar-refractivity contribution in [2.45, 2.75) is 38.5 Å². The van der Waals surface area contributed by atoms with E-state index in [1.165, 1.54) is 4.31 Å². The van der Waals surface area contributed by atoms with Gasteiger partial charge >= 0.3 is 0 Å². The SMILES string of the molecule is CCC(C)(C)N(C)S(=O)(=O)Cc1ccccc1C#N. The molecule has 0 saturated carbocycles. The Kier molecular flexibility index (Phi) is 4.72. The van der Waals surface area contributed by atoms with Gasteiger partial charge in [-0.2, -0.15) is 9.57 Å². The molecule has 5 heteroatoms. The van der Waals surface area contributed by atoms with Gasteiger partial charge in [0.25, 0.3) is 0 Å². The smallest absolute Gasteiger partial charge is 0.212 e. The minimum Gasteiger partial charge on any atom is -0.212 e. The standard InChI is InChI=1S/C14H20N2O2S/c1-5-14(2,3)16(4)19(17,18)11-13-9-7-6-8-12(13)10-15/h6-9H,5,11H2,1-4H3. The van der Waals surface area contributed by atoms with Crippen LogP contribution in [0.15, 0.2) is 24.3 Å². The van der Waals surface area contributed by atoms with E-state index in [9.17, 15) is 8.42 Å². The maximum absolute atomic E-state index is 12.4. The fourth-order valence-corrected chi connectivity index (χ4v) is 3.37. The third-order valence-electron chi connectivity index (χ3n) is 3.61. The lowest BCUT2D eigenvalue weighted by molar-refractivity contribution is 0.257. The minimum atomic E-state index is -3.43. The molecular formula is C14H20N2O2S. The number of benzene rings is 1. The first-order valence-corrected chi connectivity index (χ1v) is 7.80. The molecule has 0 bridgehead atoms. The Balaban J connectivity index is 3.08. The van der Waals surface area contributed by atoms with E-state index >= 15 is 0 Å². The molecule has 1 aromatic carbocycles. The molecule has 0 heterocycles. The van der Waals surface area contributed by atoms with Crippen LogP contribution in [0.3, 0.4) is 0 Å². The van der Waals surface area contributed by atoms with Gasteiger partial charge in [0.1, 0.15) is 0 Å². The Hall–Kier alpha value is -1.38. The summed E-state index contributed by atoms with van der Waals surface area (Å²) >= 11 is 0. The summed E-state index contributed by atoms with van der Waals surface area (Å²) in [4.78, 5) is 0. The quantitative estimate of drug-likeness (QED) is 0.832. The largest absolute Gasteiger partial charge is 0.218 e. The highest BCUT2D eigenvalue weighted by molar-refractivity contribution is 7.88. The number of sulfonamides is 1. The van der Waals surface area contributed by atoms with Gasteiger partial charge in [-0.1, -0.05) is 25.1 Å². The first kappa shape index (κ1) is 15.7. The van der Waals surface area contributed by atoms with Gasteiger partial charge in [-0.15, -0.1) is 0 Å². The highest BCUT2D eigenvalue weighted by atomic mass is 32.2. The van der Waals surface area contributed by atoms with E-state index in [1.807, 2.05) is 26.8 Å². The van der Waals surface area contributed by atoms with E-state index in [0.29, 0.717) is 11.1 Å². The Morgan fingerprint density at radius 1 is 1.32 bits per heavy atom. The van der Waals surface area contributed by atoms with Crippen LogP contribution < -0.4 is 0 Å². The summed E-state index contributed by atoms with van der Waals surface area (Å²) in [6.45, 7) is 5.73. The van der Waals surface area contributed by atoms with Crippen molar-refractivity contribution >= 4 is 10.0 Å². The van der Waals surface area contributed by atoms with Gasteiger partial charge in [0.2, 0.25) is 10.0 Å². The van der Waals surface area contributed by atoms with Crippen molar-refractivity contribution < 1.29 is 8.42 Å². The van der Waals surface area contributed by atoms with Crippen LogP contribution in [0, 0.1) is 11.3 Å². The number of nitrogens with zero attached hydrogens (tertiary/aromatic N) is 2. The van der Waals surface area contributed by atoms with E-state index in [-0.39, 0.29) is 5.75 Å². The molecule has 4 nitrogen and oxygen atoms in total. The second-order valence-electron chi connectivity index (χ2n) is 5.16. The van der Waals surface area contributed by atoms with Crippen LogP contribution in [-0.2, 0) is 15.8 Å². The fraction of sp³-hybridized carbons (Fsp3) is 0.500. The zero-order valence-corrected chi connectivity index (χ0v) is 12.7. The van der Waals surface area contributed by atoms with Crippen LogP contribution in [-0.4, -0.2) is 25.3 Å². The van der Waals surface area contributed by atoms with Crippen LogP contribution in [0.4, 0.5) is 0 Å². The molecule has 0 unspecified atom stereocenters. The molecule has 0 atom stereocenters. The van der Waals surface area contributed by atoms with Gasteiger partial charge in [-0.05, 0) is 31.9 Å². The minimum absolute atomic E-state index is 0.142. The van der Waals surface area contributed by atoms with Gasteiger partial charge < -0.3 is 0 Å². The average Bonchev–Trinajstić information content (AvgIpc) is 2.38. The monoisotopic (exact) mass is 280 g/mol. The molecule has 0 aliphatic heterocycles. The third-order valence-corrected chi connectivity index (χ3v) is 5.62. The van der Waals surface area contributed by atoms with Crippen molar-refractivity contribution in [2.24, 2.45) is 0 Å². The first-order valence-electron chi connectivity index (χ1n) is 6.19. The highest BCUT2D eigenvalue weighted by Crippen LogP contribution is 2.23. The predicted molar refractivity (Wildman–Crippen MR) is 75.9 cm³/mol. The van der Waals surface area contributed by atoms with E-state index < -0.39 is 15.6 Å². The summed E-state index contributed by atoms with van der Waals surface area (Å²) in [5.41, 5.74) is 0.526. The van der Waals surface area contributed by atoms with Crippen LogP contribution in [0.1, 0.15) is 38.3 Å². The van der Waals surface area contributed by atoms with E-state index in [4.69, 9.17) is 5.26 Å². The van der Waals surface area contributed by atoms with Crippen molar-refractivity contribution in [3.05, 3.63) is 35.4 Å². The summed E-state index contributed by atoms with van der Waals surface area (Å²) in [7, 11) is -1.84. The number of hydrogen-bond acceptors (Lipinski definition) is 3. The van der Waals surface area contributed by atoms with Crippen LogP contribution in [0.25, 0.3) is 0 Å². The average molecular weight is 280 g/mol. The summed E-state index contributed by atoms with van der Waals surface area (Å²) in [5, 5.41) is 9.00. The molecule has 0 radical (unpaired) electrons. The topological polar surface area (TPSA) is 61.2 Å². The predicted octanol–water partition coefficient (Wildman–Crippen LogP) is 2.51. The van der Waals surface area contributed by atoms with E-state index in [2.05, 4.69) is 0 Å². The summed E-state index contributed by atoms with van der Waals surface area (Å²) < 4.78 is 26.2. The molecule has 0 spiro atoms. The van der Waals surface area contributed by atoms with Crippen molar-refractivity contribution in [1.82, 2.24) is 4.31 Å². The molecule has 0 N–H and O–H groups in total. The Labute approximate surface area is 115 Å². The van der Waals surface area contributed by atoms with Crippen molar-refractivity contribution in [3.63, 3.8) is 0 Å². The third kappa shape index (κ3) is 3.55. The lowest BCUT2D eigenvalue weighted by Gasteiger charge is -2.33. The zero-order valence-electron chi connectivity index (χ0n) is 11.8. The Bertz CT molecular complexity index is 586. The molecule has 0 aliphatic rings. The number of hydrogen-bond donors (Lipinski definition) is 0. The highest BCUT2D eigenvalue weighted by Gasteiger charge is 2.31. The lowest BCUT2D eigenvalue weighted by atomic mass is 10.0. The van der Waals surface area contributed by atoms with Gasteiger partial charge in [0, 0.05) is 12.6 Å². The van der Waals surface area contributed by atoms with Crippen LogP contribution in [0.2, 0.25) is 0 Å². The van der Waals surface area contributed by atoms with Crippen LogP contribution >= 0.6 is 0 Å². The normalized spacial score (nSPS) is 12.4. The van der Waals surface area contributed by atoms with Crippen molar-refractivity contribution in [3.8, 4) is 6.07 Å². The van der Waals surface area contributed by atoms with E-state index in [1.54, 1.807) is 31.3 Å². The molecule has 0 aromatic heterocycles. The molecule has 0 aliphatic carbocycles. The van der Waals surface area contributed by atoms with Crippen LogP contribution in [0.5, 0.6) is 0 Å². The maximum atomic E-state index is 12.4. The molecule has 0 fully saturated rings. The number of nitriles is 1. The second kappa shape index (κ2) is 5.72. The van der Waals surface area contributed by atoms with E-state index in [0.717, 1.165) is 6.42 Å². The molecule has 0 amide bonds. The van der Waals surface area contributed by atoms with Gasteiger partial charge in [-0.3, -0.25) is 0 Å². The molecule has 1 rings (SSSR count). The fourth-order valence-electron chi connectivity index (χ4n) is 1.65. The second-order valence-corrected chi connectivity index (χ2v) is 7.16. The molecule has 1 aromatic rings. The molecule has 0 saturated heterocycles. The molecule has 19 heavy (non-hydrogen) atoms. The first-order chi connectivity index (χ1) is 8.74. The summed E-state index contributed by atoms with van der Waals surface area (Å²) in [6, 6.07) is 8.82. The van der Waals surface area contributed by atoms with Crippen molar-refractivity contribution in [2.75, 3.05) is 7.05 Å². The zero-order chi connectivity index (χ0) is 14.7. The number of rotatable bonds is 5. The van der Waals surface area contributed by atoms with Gasteiger partial charge in [0.15, 0.2) is 0 Å². The maximum Gasteiger partial charge on any atom is 0.218 e. The molecule has 104 valence electrons. The lowest BCUT2D eigenvalue weighted by Crippen LogP contribution is -2.44. The van der Waals surface area contributed by atoms with Gasteiger partial charge in [0.05, 0.1) is 17.4 Å². The summed E-state index contributed by atoms with van der Waals surface area (Å²) in [6.07, 6.45) is 0.725. The summed E-state index contributed by atoms with van der Waals surface area (Å²) in [5.74, 6) is -0.142. The van der Waals surface area contributed by atoms with Gasteiger partial charge in [-0.25, -0.2) is 8.42 Å². The van der Waals surface area contributed by atoms with Crippen molar-refractivity contribution in [1.29, 1.82) is 5.26 Å². The molecular weight excluding hydrogens is 260 g/mol.